The summed E-state index contributed by atoms with van der Waals surface area (Å²) in [4.78, 5) is 11.9. The van der Waals surface area contributed by atoms with Crippen molar-refractivity contribution in [3.63, 3.8) is 0 Å². The molecule has 0 aromatic heterocycles. The van der Waals surface area contributed by atoms with Gasteiger partial charge in [0.05, 0.1) is 13.2 Å². The van der Waals surface area contributed by atoms with Gasteiger partial charge in [-0.25, -0.2) is 0 Å². The average molecular weight is 256 g/mol. The second-order valence-corrected chi connectivity index (χ2v) is 4.25. The molecular weight excluding hydrogens is 240 g/mol. The van der Waals surface area contributed by atoms with E-state index in [1.807, 2.05) is 36.4 Å². The number of ketones is 1. The molecule has 1 N–H and O–H groups in total. The largest absolute Gasteiger partial charge is 0.382 e. The van der Waals surface area contributed by atoms with Gasteiger partial charge >= 0.3 is 0 Å². The second-order valence-electron chi connectivity index (χ2n) is 4.25. The molecule has 98 valence electrons. The lowest BCUT2D eigenvalue weighted by molar-refractivity contribution is 0.0271. The Kier molecular flexibility index (Phi) is 4.84. The molecule has 0 bridgehead atoms. The Bertz CT molecular complexity index is 508. The highest BCUT2D eigenvalue weighted by atomic mass is 16.5. The van der Waals surface area contributed by atoms with Crippen LogP contribution in [0.3, 0.4) is 0 Å². The second kappa shape index (κ2) is 6.83. The van der Waals surface area contributed by atoms with Gasteiger partial charge in [-0.05, 0) is 5.56 Å². The fourth-order valence-corrected chi connectivity index (χ4v) is 1.73. The summed E-state index contributed by atoms with van der Waals surface area (Å²) in [6.45, 7) is 0.391. The van der Waals surface area contributed by atoms with Crippen molar-refractivity contribution >= 4 is 5.78 Å². The first-order chi connectivity index (χ1) is 9.27. The van der Waals surface area contributed by atoms with Crippen molar-refractivity contribution < 1.29 is 14.6 Å². The van der Waals surface area contributed by atoms with Crippen LogP contribution in [0.1, 0.15) is 15.9 Å². The molecule has 0 aliphatic heterocycles. The molecule has 2 rings (SSSR count). The first-order valence-corrected chi connectivity index (χ1v) is 6.16. The van der Waals surface area contributed by atoms with E-state index in [4.69, 9.17) is 4.74 Å². The molecule has 3 heteroatoms. The van der Waals surface area contributed by atoms with Crippen molar-refractivity contribution in [2.45, 2.75) is 12.7 Å². The van der Waals surface area contributed by atoms with Crippen LogP contribution in [-0.2, 0) is 11.3 Å². The van der Waals surface area contributed by atoms with Gasteiger partial charge in [0.2, 0.25) is 0 Å². The molecule has 2 aromatic carbocycles. The number of carbonyl (C=O) groups is 1. The zero-order valence-electron chi connectivity index (χ0n) is 10.5. The Morgan fingerprint density at radius 2 is 1.58 bits per heavy atom. The number of aliphatic hydroxyl groups excluding tert-OH is 1. The maximum absolute atomic E-state index is 11.9. The van der Waals surface area contributed by atoms with Crippen LogP contribution in [0.15, 0.2) is 60.7 Å². The standard InChI is InChI=1S/C16H16O3/c17-15(16(18)14-9-5-2-6-10-14)12-19-11-13-7-3-1-4-8-13/h1-10,15,17H,11-12H2/t15-/m0/s1. The number of benzene rings is 2. The van der Waals surface area contributed by atoms with Gasteiger partial charge in [0.25, 0.3) is 0 Å². The average Bonchev–Trinajstić information content (AvgIpc) is 2.48. The van der Waals surface area contributed by atoms with Crippen LogP contribution in [0.5, 0.6) is 0 Å². The Balaban J connectivity index is 1.82. The van der Waals surface area contributed by atoms with Crippen molar-refractivity contribution in [1.82, 2.24) is 0 Å². The van der Waals surface area contributed by atoms with Crippen molar-refractivity contribution in [2.24, 2.45) is 0 Å². The van der Waals surface area contributed by atoms with Crippen molar-refractivity contribution in [3.05, 3.63) is 71.8 Å². The summed E-state index contributed by atoms with van der Waals surface area (Å²) in [5.74, 6) is -0.311. The number of hydrogen-bond acceptors (Lipinski definition) is 3. The highest BCUT2D eigenvalue weighted by Gasteiger charge is 2.16. The van der Waals surface area contributed by atoms with Crippen LogP contribution in [0.4, 0.5) is 0 Å². The summed E-state index contributed by atoms with van der Waals surface area (Å²) in [6, 6.07) is 18.4. The van der Waals surface area contributed by atoms with Crippen LogP contribution in [-0.4, -0.2) is 23.6 Å². The fourth-order valence-electron chi connectivity index (χ4n) is 1.73. The first-order valence-electron chi connectivity index (χ1n) is 6.16. The van der Waals surface area contributed by atoms with E-state index in [1.54, 1.807) is 24.3 Å². The Morgan fingerprint density at radius 3 is 2.21 bits per heavy atom. The smallest absolute Gasteiger partial charge is 0.193 e. The van der Waals surface area contributed by atoms with Gasteiger partial charge in [-0.15, -0.1) is 0 Å². The number of hydrogen-bond donors (Lipinski definition) is 1. The van der Waals surface area contributed by atoms with E-state index in [0.717, 1.165) is 5.56 Å². The molecule has 0 aliphatic carbocycles. The fraction of sp³-hybridized carbons (Fsp3) is 0.188. The summed E-state index contributed by atoms with van der Waals surface area (Å²) in [6.07, 6.45) is -1.12. The van der Waals surface area contributed by atoms with E-state index in [0.29, 0.717) is 12.2 Å². The first kappa shape index (κ1) is 13.5. The van der Waals surface area contributed by atoms with Gasteiger partial charge in [-0.3, -0.25) is 4.79 Å². The number of Topliss-reactive ketones (excluding diaryl/α,β-unsaturated/α-hetero) is 1. The molecule has 0 saturated carbocycles. The van der Waals surface area contributed by atoms with Gasteiger partial charge in [0.15, 0.2) is 5.78 Å². The summed E-state index contributed by atoms with van der Waals surface area (Å²) >= 11 is 0. The number of carbonyl (C=O) groups excluding carboxylic acids is 1. The van der Waals surface area contributed by atoms with Crippen LogP contribution in [0.2, 0.25) is 0 Å². The molecule has 2 aromatic rings. The molecule has 0 amide bonds. The highest BCUT2D eigenvalue weighted by Crippen LogP contribution is 2.06. The monoisotopic (exact) mass is 256 g/mol. The van der Waals surface area contributed by atoms with Crippen molar-refractivity contribution in [3.8, 4) is 0 Å². The highest BCUT2D eigenvalue weighted by molar-refractivity contribution is 5.99. The van der Waals surface area contributed by atoms with Gasteiger partial charge in [0.1, 0.15) is 6.10 Å². The van der Waals surface area contributed by atoms with Crippen LogP contribution in [0, 0.1) is 0 Å². The lowest BCUT2D eigenvalue weighted by atomic mass is 10.1. The predicted molar refractivity (Wildman–Crippen MR) is 72.9 cm³/mol. The lowest BCUT2D eigenvalue weighted by Crippen LogP contribution is -2.26. The van der Waals surface area contributed by atoms with Gasteiger partial charge in [-0.2, -0.15) is 0 Å². The minimum atomic E-state index is -1.12. The third kappa shape index (κ3) is 4.02. The maximum atomic E-state index is 11.9. The lowest BCUT2D eigenvalue weighted by Gasteiger charge is -2.10. The Hall–Kier alpha value is -1.97. The van der Waals surface area contributed by atoms with Crippen LogP contribution < -0.4 is 0 Å². The Labute approximate surface area is 112 Å². The van der Waals surface area contributed by atoms with E-state index >= 15 is 0 Å². The molecule has 3 nitrogen and oxygen atoms in total. The zero-order chi connectivity index (χ0) is 13.5. The molecule has 1 atom stereocenters. The molecule has 19 heavy (non-hydrogen) atoms. The third-order valence-corrected chi connectivity index (χ3v) is 2.75. The molecule has 0 spiro atoms. The third-order valence-electron chi connectivity index (χ3n) is 2.75. The topological polar surface area (TPSA) is 46.5 Å². The van der Waals surface area contributed by atoms with Crippen molar-refractivity contribution in [2.75, 3.05) is 6.61 Å². The normalized spacial score (nSPS) is 12.1. The van der Waals surface area contributed by atoms with Crippen LogP contribution >= 0.6 is 0 Å². The summed E-state index contributed by atoms with van der Waals surface area (Å²) in [7, 11) is 0. The molecule has 0 unspecified atom stereocenters. The molecule has 0 aliphatic rings. The molecule has 0 saturated heterocycles. The predicted octanol–water partition coefficient (Wildman–Crippen LogP) is 2.45. The van der Waals surface area contributed by atoms with E-state index < -0.39 is 6.10 Å². The summed E-state index contributed by atoms with van der Waals surface area (Å²) in [5.41, 5.74) is 1.51. The molecular formula is C16H16O3. The molecule has 0 heterocycles. The van der Waals surface area contributed by atoms with Gasteiger partial charge in [-0.1, -0.05) is 60.7 Å². The van der Waals surface area contributed by atoms with Gasteiger partial charge in [0, 0.05) is 5.56 Å². The summed E-state index contributed by atoms with van der Waals surface area (Å²) in [5, 5.41) is 9.77. The van der Waals surface area contributed by atoms with Crippen molar-refractivity contribution in [1.29, 1.82) is 0 Å². The quantitative estimate of drug-likeness (QED) is 0.807. The molecule has 0 radical (unpaired) electrons. The zero-order valence-corrected chi connectivity index (χ0v) is 10.5. The van der Waals surface area contributed by atoms with E-state index in [2.05, 4.69) is 0 Å². The number of aliphatic hydroxyl groups is 1. The van der Waals surface area contributed by atoms with Gasteiger partial charge < -0.3 is 9.84 Å². The van der Waals surface area contributed by atoms with E-state index in [9.17, 15) is 9.90 Å². The maximum Gasteiger partial charge on any atom is 0.193 e. The minimum Gasteiger partial charge on any atom is -0.382 e. The number of ether oxygens (including phenoxy) is 1. The SMILES string of the molecule is O=C(c1ccccc1)[C@@H](O)COCc1ccccc1. The summed E-state index contributed by atoms with van der Waals surface area (Å²) < 4.78 is 5.35. The van der Waals surface area contributed by atoms with E-state index in [-0.39, 0.29) is 12.4 Å². The minimum absolute atomic E-state index is 0.00260. The van der Waals surface area contributed by atoms with Crippen LogP contribution in [0.25, 0.3) is 0 Å². The number of rotatable bonds is 6. The Morgan fingerprint density at radius 1 is 1.00 bits per heavy atom. The molecule has 0 fully saturated rings. The van der Waals surface area contributed by atoms with E-state index in [1.165, 1.54) is 0 Å².